The molecule has 0 radical (unpaired) electrons. The predicted molar refractivity (Wildman–Crippen MR) is 96.6 cm³/mol. The van der Waals surface area contributed by atoms with Gasteiger partial charge in [0, 0.05) is 17.8 Å². The fraction of sp³-hybridized carbons (Fsp3) is 0.368. The molecule has 0 saturated carbocycles. The first-order valence-electron chi connectivity index (χ1n) is 8.30. The maximum Gasteiger partial charge on any atom is 0.266 e. The highest BCUT2D eigenvalue weighted by atomic mass is 32.1. The normalized spacial score (nSPS) is 21.4. The Labute approximate surface area is 151 Å². The third-order valence-electron chi connectivity index (χ3n) is 5.04. The lowest BCUT2D eigenvalue weighted by atomic mass is 9.81. The first-order valence-corrected chi connectivity index (χ1v) is 9.18. The fourth-order valence-electron chi connectivity index (χ4n) is 3.39. The Balaban J connectivity index is 1.87. The molecule has 1 aliphatic heterocycles. The van der Waals surface area contributed by atoms with Gasteiger partial charge in [0.25, 0.3) is 5.91 Å². The van der Waals surface area contributed by atoms with Crippen LogP contribution in [-0.4, -0.2) is 34.5 Å². The van der Waals surface area contributed by atoms with Gasteiger partial charge in [-0.1, -0.05) is 35.9 Å². The number of nitrogens with zero attached hydrogens (tertiary/aromatic N) is 1. The topological polar surface area (TPSA) is 69.6 Å². The summed E-state index contributed by atoms with van der Waals surface area (Å²) in [5.41, 5.74) is 3.19. The standard InChI is InChI=1S/C19H22N2O3S/c1-13-5-7-14(8-6-13)19(2)9-10-21(18(19)23)16(17(22)20-24)12-15-4-3-11-25-15/h3-8,11,16,24H,9-10,12H2,1-2H3,(H,20,22). The van der Waals surface area contributed by atoms with Gasteiger partial charge in [-0.3, -0.25) is 14.8 Å². The third kappa shape index (κ3) is 3.32. The molecule has 25 heavy (non-hydrogen) atoms. The molecule has 1 saturated heterocycles. The lowest BCUT2D eigenvalue weighted by Crippen LogP contribution is -2.50. The van der Waals surface area contributed by atoms with E-state index in [4.69, 9.17) is 5.21 Å². The minimum absolute atomic E-state index is 0.0680. The Kier molecular flexibility index (Phi) is 4.92. The van der Waals surface area contributed by atoms with Gasteiger partial charge in [-0.25, -0.2) is 5.48 Å². The van der Waals surface area contributed by atoms with Crippen LogP contribution in [0.3, 0.4) is 0 Å². The van der Waals surface area contributed by atoms with Gasteiger partial charge in [0.05, 0.1) is 5.41 Å². The predicted octanol–water partition coefficient (Wildman–Crippen LogP) is 2.66. The van der Waals surface area contributed by atoms with E-state index in [1.165, 1.54) is 11.3 Å². The second kappa shape index (κ2) is 6.98. The van der Waals surface area contributed by atoms with Crippen molar-refractivity contribution < 1.29 is 14.8 Å². The fourth-order valence-corrected chi connectivity index (χ4v) is 4.14. The summed E-state index contributed by atoms with van der Waals surface area (Å²) in [4.78, 5) is 28.0. The van der Waals surface area contributed by atoms with Crippen molar-refractivity contribution in [3.8, 4) is 0 Å². The zero-order valence-electron chi connectivity index (χ0n) is 14.4. The van der Waals surface area contributed by atoms with Crippen molar-refractivity contribution in [2.75, 3.05) is 6.54 Å². The number of amides is 2. The molecule has 2 N–H and O–H groups in total. The first kappa shape index (κ1) is 17.6. The molecule has 1 aromatic carbocycles. The molecule has 132 valence electrons. The number of carbonyl (C=O) groups is 2. The molecule has 6 heteroatoms. The number of likely N-dealkylation sites (tertiary alicyclic amines) is 1. The smallest absolute Gasteiger partial charge is 0.266 e. The minimum atomic E-state index is -0.705. The van der Waals surface area contributed by atoms with Gasteiger partial charge in [-0.05, 0) is 37.3 Å². The van der Waals surface area contributed by atoms with Crippen molar-refractivity contribution in [3.63, 3.8) is 0 Å². The molecule has 1 aliphatic rings. The molecule has 1 aromatic heterocycles. The molecular weight excluding hydrogens is 336 g/mol. The van der Waals surface area contributed by atoms with E-state index in [0.29, 0.717) is 19.4 Å². The number of hydrogen-bond acceptors (Lipinski definition) is 4. The number of rotatable bonds is 5. The Morgan fingerprint density at radius 1 is 1.36 bits per heavy atom. The van der Waals surface area contributed by atoms with Gasteiger partial charge in [0.1, 0.15) is 6.04 Å². The van der Waals surface area contributed by atoms with E-state index < -0.39 is 17.4 Å². The number of aryl methyl sites for hydroxylation is 1. The molecule has 1 fully saturated rings. The van der Waals surface area contributed by atoms with Crippen LogP contribution in [0.15, 0.2) is 41.8 Å². The lowest BCUT2D eigenvalue weighted by molar-refractivity contribution is -0.143. The summed E-state index contributed by atoms with van der Waals surface area (Å²) < 4.78 is 0. The van der Waals surface area contributed by atoms with Crippen LogP contribution in [0.5, 0.6) is 0 Å². The van der Waals surface area contributed by atoms with E-state index in [0.717, 1.165) is 16.0 Å². The van der Waals surface area contributed by atoms with Gasteiger partial charge in [0.2, 0.25) is 5.91 Å². The lowest BCUT2D eigenvalue weighted by Gasteiger charge is -2.29. The van der Waals surface area contributed by atoms with E-state index in [9.17, 15) is 9.59 Å². The number of hydrogen-bond donors (Lipinski definition) is 2. The maximum atomic E-state index is 13.2. The zero-order chi connectivity index (χ0) is 18.0. The number of hydroxylamine groups is 1. The highest BCUT2D eigenvalue weighted by Crippen LogP contribution is 2.37. The quantitative estimate of drug-likeness (QED) is 0.638. The molecule has 5 nitrogen and oxygen atoms in total. The molecule has 0 spiro atoms. The van der Waals surface area contributed by atoms with Crippen LogP contribution < -0.4 is 5.48 Å². The van der Waals surface area contributed by atoms with Gasteiger partial charge >= 0.3 is 0 Å². The monoisotopic (exact) mass is 358 g/mol. The third-order valence-corrected chi connectivity index (χ3v) is 5.94. The van der Waals surface area contributed by atoms with E-state index in [-0.39, 0.29) is 5.91 Å². The molecular formula is C19H22N2O3S. The van der Waals surface area contributed by atoms with E-state index >= 15 is 0 Å². The zero-order valence-corrected chi connectivity index (χ0v) is 15.2. The summed E-state index contributed by atoms with van der Waals surface area (Å²) in [5, 5.41) is 11.1. The first-order chi connectivity index (χ1) is 12.0. The minimum Gasteiger partial charge on any atom is -0.329 e. The Hall–Kier alpha value is -2.18. The second-order valence-corrected chi connectivity index (χ2v) is 7.75. The van der Waals surface area contributed by atoms with Crippen molar-refractivity contribution >= 4 is 23.2 Å². The van der Waals surface area contributed by atoms with Crippen LogP contribution in [0.2, 0.25) is 0 Å². The number of nitrogens with one attached hydrogen (secondary N) is 1. The molecule has 2 aromatic rings. The van der Waals surface area contributed by atoms with Gasteiger partial charge in [-0.15, -0.1) is 11.3 Å². The van der Waals surface area contributed by atoms with E-state index in [2.05, 4.69) is 0 Å². The van der Waals surface area contributed by atoms with Crippen molar-refractivity contribution in [1.82, 2.24) is 10.4 Å². The molecule has 0 bridgehead atoms. The van der Waals surface area contributed by atoms with Crippen LogP contribution in [0.1, 0.15) is 29.3 Å². The van der Waals surface area contributed by atoms with Crippen molar-refractivity contribution in [1.29, 1.82) is 0 Å². The van der Waals surface area contributed by atoms with Crippen molar-refractivity contribution in [2.24, 2.45) is 0 Å². The summed E-state index contributed by atoms with van der Waals surface area (Å²) in [7, 11) is 0. The molecule has 0 aliphatic carbocycles. The van der Waals surface area contributed by atoms with Gasteiger partial charge < -0.3 is 4.90 Å². The molecule has 2 amide bonds. The van der Waals surface area contributed by atoms with Gasteiger partial charge in [-0.2, -0.15) is 0 Å². The molecule has 2 atom stereocenters. The SMILES string of the molecule is Cc1ccc(C2(C)CCN(C(Cc3cccs3)C(=O)NO)C2=O)cc1. The van der Waals surface area contributed by atoms with Crippen LogP contribution in [0, 0.1) is 6.92 Å². The summed E-state index contributed by atoms with van der Waals surface area (Å²) in [6, 6.07) is 11.1. The van der Waals surface area contributed by atoms with Crippen molar-refractivity contribution in [2.45, 2.75) is 38.1 Å². The molecule has 2 heterocycles. The second-order valence-electron chi connectivity index (χ2n) is 6.72. The number of thiophene rings is 1. The molecule has 3 rings (SSSR count). The Morgan fingerprint density at radius 2 is 2.08 bits per heavy atom. The number of carbonyl (C=O) groups excluding carboxylic acids is 2. The summed E-state index contributed by atoms with van der Waals surface area (Å²) in [5.74, 6) is -0.614. The summed E-state index contributed by atoms with van der Waals surface area (Å²) >= 11 is 1.54. The Bertz CT molecular complexity index is 757. The van der Waals surface area contributed by atoms with Crippen LogP contribution in [-0.2, 0) is 21.4 Å². The Morgan fingerprint density at radius 3 is 2.68 bits per heavy atom. The summed E-state index contributed by atoms with van der Waals surface area (Å²) in [6.45, 7) is 4.43. The van der Waals surface area contributed by atoms with E-state index in [1.54, 1.807) is 10.4 Å². The van der Waals surface area contributed by atoms with Crippen molar-refractivity contribution in [3.05, 3.63) is 57.8 Å². The largest absolute Gasteiger partial charge is 0.329 e. The summed E-state index contributed by atoms with van der Waals surface area (Å²) in [6.07, 6.45) is 1.05. The highest BCUT2D eigenvalue weighted by molar-refractivity contribution is 7.09. The average Bonchev–Trinajstić information content (AvgIpc) is 3.22. The molecule has 2 unspecified atom stereocenters. The van der Waals surface area contributed by atoms with Gasteiger partial charge in [0.15, 0.2) is 0 Å². The highest BCUT2D eigenvalue weighted by Gasteiger charge is 2.47. The maximum absolute atomic E-state index is 13.2. The van der Waals surface area contributed by atoms with Crippen LogP contribution >= 0.6 is 11.3 Å². The number of benzene rings is 1. The van der Waals surface area contributed by atoms with Crippen LogP contribution in [0.4, 0.5) is 0 Å². The van der Waals surface area contributed by atoms with E-state index in [1.807, 2.05) is 55.6 Å². The average molecular weight is 358 g/mol. The van der Waals surface area contributed by atoms with Crippen LogP contribution in [0.25, 0.3) is 0 Å².